The van der Waals surface area contributed by atoms with Crippen molar-refractivity contribution in [2.75, 3.05) is 11.6 Å². The predicted octanol–water partition coefficient (Wildman–Crippen LogP) is 2.71. The van der Waals surface area contributed by atoms with E-state index >= 15 is 0 Å². The van der Waals surface area contributed by atoms with Crippen molar-refractivity contribution < 1.29 is 14.7 Å². The molecule has 0 fully saturated rings. The van der Waals surface area contributed by atoms with E-state index in [0.717, 1.165) is 5.56 Å². The van der Waals surface area contributed by atoms with Crippen LogP contribution in [0.2, 0.25) is 0 Å². The number of carbonyl (C=O) groups is 2. The van der Waals surface area contributed by atoms with Gasteiger partial charge in [-0.25, -0.2) is 0 Å². The molecule has 0 saturated heterocycles. The van der Waals surface area contributed by atoms with Crippen LogP contribution in [0.25, 0.3) is 0 Å². The lowest BCUT2D eigenvalue weighted by Gasteiger charge is -2.15. The number of benzene rings is 2. The maximum absolute atomic E-state index is 12.2. The second kappa shape index (κ2) is 6.34. The lowest BCUT2D eigenvalue weighted by atomic mass is 10.1. The van der Waals surface area contributed by atoms with Gasteiger partial charge in [-0.3, -0.25) is 14.5 Å². The van der Waals surface area contributed by atoms with E-state index in [4.69, 9.17) is 0 Å². The van der Waals surface area contributed by atoms with Gasteiger partial charge in [0.15, 0.2) is 0 Å². The molecule has 4 nitrogen and oxygen atoms in total. The number of hydrogen-bond acceptors (Lipinski definition) is 4. The fourth-order valence-corrected chi connectivity index (χ4v) is 3.32. The van der Waals surface area contributed by atoms with Crippen LogP contribution in [0, 0.1) is 0 Å². The molecule has 2 amide bonds. The summed E-state index contributed by atoms with van der Waals surface area (Å²) < 4.78 is 0. The van der Waals surface area contributed by atoms with Gasteiger partial charge in [-0.05, 0) is 17.7 Å². The summed E-state index contributed by atoms with van der Waals surface area (Å²) in [5.41, 5.74) is 1.74. The largest absolute Gasteiger partial charge is 0.388 e. The summed E-state index contributed by atoms with van der Waals surface area (Å²) in [7, 11) is 0. The molecule has 112 valence electrons. The minimum atomic E-state index is -0.610. The molecule has 5 heteroatoms. The van der Waals surface area contributed by atoms with Gasteiger partial charge in [-0.1, -0.05) is 42.5 Å². The fraction of sp³-hybridized carbons (Fsp3) is 0.176. The van der Waals surface area contributed by atoms with Gasteiger partial charge < -0.3 is 5.11 Å². The molecule has 0 aromatic heterocycles. The van der Waals surface area contributed by atoms with E-state index < -0.39 is 6.10 Å². The normalized spacial score (nSPS) is 15.0. The molecule has 3 rings (SSSR count). The van der Waals surface area contributed by atoms with Gasteiger partial charge in [-0.2, -0.15) is 0 Å². The average molecular weight is 313 g/mol. The lowest BCUT2D eigenvalue weighted by Crippen LogP contribution is -2.29. The molecule has 0 saturated carbocycles. The molecule has 1 N–H and O–H groups in total. The van der Waals surface area contributed by atoms with E-state index in [1.807, 2.05) is 30.3 Å². The molecular formula is C17H15NO3S. The molecule has 22 heavy (non-hydrogen) atoms. The van der Waals surface area contributed by atoms with Crippen LogP contribution in [0.15, 0.2) is 54.6 Å². The first-order chi connectivity index (χ1) is 10.7. The van der Waals surface area contributed by atoms with E-state index in [2.05, 4.69) is 0 Å². The van der Waals surface area contributed by atoms with Crippen LogP contribution in [0.5, 0.6) is 0 Å². The zero-order chi connectivity index (χ0) is 15.5. The first-order valence-electron chi connectivity index (χ1n) is 6.94. The number of fused-ring (bicyclic) bond motifs is 1. The Kier molecular flexibility index (Phi) is 4.27. The summed E-state index contributed by atoms with van der Waals surface area (Å²) in [6, 6.07) is 16.2. The van der Waals surface area contributed by atoms with Gasteiger partial charge in [0.05, 0.1) is 23.1 Å². The Hall–Kier alpha value is -2.11. The third-order valence-corrected chi connectivity index (χ3v) is 4.55. The second-order valence-electron chi connectivity index (χ2n) is 5.01. The Morgan fingerprint density at radius 3 is 2.05 bits per heavy atom. The molecule has 1 aliphatic heterocycles. The molecular weight excluding hydrogens is 298 g/mol. The highest BCUT2D eigenvalue weighted by Gasteiger charge is 2.34. The summed E-state index contributed by atoms with van der Waals surface area (Å²) in [6.45, 7) is 0. The summed E-state index contributed by atoms with van der Waals surface area (Å²) >= 11 is 1.37. The first kappa shape index (κ1) is 14.8. The monoisotopic (exact) mass is 313 g/mol. The third-order valence-electron chi connectivity index (χ3n) is 3.56. The molecule has 0 aliphatic carbocycles. The highest BCUT2D eigenvalue weighted by molar-refractivity contribution is 7.99. The van der Waals surface area contributed by atoms with E-state index in [1.54, 1.807) is 24.3 Å². The van der Waals surface area contributed by atoms with Crippen LogP contribution >= 0.6 is 11.8 Å². The number of aliphatic hydroxyl groups is 1. The number of carbonyl (C=O) groups excluding carboxylic acids is 2. The van der Waals surface area contributed by atoms with Crippen LogP contribution in [-0.4, -0.2) is 33.5 Å². The van der Waals surface area contributed by atoms with Gasteiger partial charge in [0.25, 0.3) is 11.8 Å². The highest BCUT2D eigenvalue weighted by atomic mass is 32.2. The average Bonchev–Trinajstić information content (AvgIpc) is 2.81. The van der Waals surface area contributed by atoms with E-state index in [0.29, 0.717) is 16.9 Å². The maximum atomic E-state index is 12.2. The Labute approximate surface area is 132 Å². The first-order valence-corrected chi connectivity index (χ1v) is 8.10. The van der Waals surface area contributed by atoms with Crippen molar-refractivity contribution in [3.05, 3.63) is 71.3 Å². The van der Waals surface area contributed by atoms with Gasteiger partial charge in [-0.15, -0.1) is 11.8 Å². The minimum absolute atomic E-state index is 0.246. The summed E-state index contributed by atoms with van der Waals surface area (Å²) in [5, 5.41) is 10.1. The number of imide groups is 1. The number of amides is 2. The maximum Gasteiger partial charge on any atom is 0.262 e. The second-order valence-corrected chi connectivity index (χ2v) is 6.01. The van der Waals surface area contributed by atoms with Gasteiger partial charge in [0.1, 0.15) is 0 Å². The SMILES string of the molecule is O=C1c2ccccc2C(=O)N1CSCC(O)c1ccccc1. The standard InChI is InChI=1S/C17H15NO3S/c19-15(12-6-2-1-3-7-12)10-22-11-18-16(20)13-8-4-5-9-14(13)17(18)21/h1-9,15,19H,10-11H2. The van der Waals surface area contributed by atoms with Crippen LogP contribution < -0.4 is 0 Å². The zero-order valence-corrected chi connectivity index (χ0v) is 12.6. The number of hydrogen-bond donors (Lipinski definition) is 1. The van der Waals surface area contributed by atoms with E-state index in [9.17, 15) is 14.7 Å². The molecule has 1 atom stereocenters. The van der Waals surface area contributed by atoms with Crippen molar-refractivity contribution in [1.82, 2.24) is 4.90 Å². The fourth-order valence-electron chi connectivity index (χ4n) is 2.38. The van der Waals surface area contributed by atoms with Crippen molar-refractivity contribution in [2.24, 2.45) is 0 Å². The van der Waals surface area contributed by atoms with E-state index in [1.165, 1.54) is 16.7 Å². The Bertz CT molecular complexity index is 667. The van der Waals surface area contributed by atoms with Crippen molar-refractivity contribution in [1.29, 1.82) is 0 Å². The highest BCUT2D eigenvalue weighted by Crippen LogP contribution is 2.25. The molecule has 1 heterocycles. The molecule has 0 spiro atoms. The van der Waals surface area contributed by atoms with Crippen molar-refractivity contribution >= 4 is 23.6 Å². The molecule has 0 radical (unpaired) electrons. The zero-order valence-electron chi connectivity index (χ0n) is 11.8. The number of rotatable bonds is 5. The third kappa shape index (κ3) is 2.77. The van der Waals surface area contributed by atoms with Gasteiger partial charge in [0.2, 0.25) is 0 Å². The molecule has 2 aromatic carbocycles. The molecule has 2 aromatic rings. The van der Waals surface area contributed by atoms with Crippen molar-refractivity contribution in [2.45, 2.75) is 6.10 Å². The Balaban J connectivity index is 1.59. The molecule has 0 bridgehead atoms. The Morgan fingerprint density at radius 1 is 0.909 bits per heavy atom. The van der Waals surface area contributed by atoms with Crippen LogP contribution in [-0.2, 0) is 0 Å². The summed E-state index contributed by atoms with van der Waals surface area (Å²) in [6.07, 6.45) is -0.610. The number of aliphatic hydroxyl groups excluding tert-OH is 1. The van der Waals surface area contributed by atoms with Crippen LogP contribution in [0.4, 0.5) is 0 Å². The molecule has 1 aliphatic rings. The van der Waals surface area contributed by atoms with Crippen LogP contribution in [0.3, 0.4) is 0 Å². The number of thioether (sulfide) groups is 1. The van der Waals surface area contributed by atoms with Crippen molar-refractivity contribution in [3.63, 3.8) is 0 Å². The summed E-state index contributed by atoms with van der Waals surface area (Å²) in [4.78, 5) is 25.6. The quantitative estimate of drug-likeness (QED) is 0.862. The lowest BCUT2D eigenvalue weighted by molar-refractivity contribution is 0.0683. The smallest absolute Gasteiger partial charge is 0.262 e. The summed E-state index contributed by atoms with van der Waals surface area (Å²) in [5.74, 6) is 0.151. The van der Waals surface area contributed by atoms with Crippen LogP contribution in [0.1, 0.15) is 32.4 Å². The van der Waals surface area contributed by atoms with Crippen molar-refractivity contribution in [3.8, 4) is 0 Å². The van der Waals surface area contributed by atoms with Gasteiger partial charge in [0, 0.05) is 5.75 Å². The predicted molar refractivity (Wildman–Crippen MR) is 85.7 cm³/mol. The Morgan fingerprint density at radius 2 is 1.45 bits per heavy atom. The topological polar surface area (TPSA) is 57.6 Å². The van der Waals surface area contributed by atoms with Gasteiger partial charge >= 0.3 is 0 Å². The number of nitrogens with zero attached hydrogens (tertiary/aromatic N) is 1. The van der Waals surface area contributed by atoms with E-state index in [-0.39, 0.29) is 17.7 Å². The molecule has 1 unspecified atom stereocenters. The minimum Gasteiger partial charge on any atom is -0.388 e.